The summed E-state index contributed by atoms with van der Waals surface area (Å²) >= 11 is 0. The van der Waals surface area contributed by atoms with Gasteiger partial charge in [-0.1, -0.05) is 37.6 Å². The van der Waals surface area contributed by atoms with Crippen molar-refractivity contribution < 1.29 is 26.3 Å². The van der Waals surface area contributed by atoms with Gasteiger partial charge < -0.3 is 0 Å². The van der Waals surface area contributed by atoms with E-state index in [1.807, 2.05) is 6.92 Å². The van der Waals surface area contributed by atoms with Crippen molar-refractivity contribution >= 4 is 0 Å². The van der Waals surface area contributed by atoms with Gasteiger partial charge in [-0.05, 0) is 78.0 Å². The SMILES string of the molecule is CCCCc1ccc(C2CCc3c(F)c(-c4ccc(F)cc4)c(F)c(F)c3C2)c(F)c1F. The van der Waals surface area contributed by atoms with Crippen LogP contribution in [0.5, 0.6) is 0 Å². The molecule has 3 aromatic rings. The molecule has 0 saturated heterocycles. The molecule has 3 aromatic carbocycles. The van der Waals surface area contributed by atoms with Crippen LogP contribution in [0.4, 0.5) is 26.3 Å². The Bertz CT molecular complexity index is 1150. The zero-order chi connectivity index (χ0) is 23.0. The van der Waals surface area contributed by atoms with Crippen LogP contribution in [0.2, 0.25) is 0 Å². The van der Waals surface area contributed by atoms with Crippen LogP contribution in [0.3, 0.4) is 0 Å². The summed E-state index contributed by atoms with van der Waals surface area (Å²) in [6.07, 6.45) is 2.18. The van der Waals surface area contributed by atoms with Gasteiger partial charge in [-0.25, -0.2) is 26.3 Å². The minimum Gasteiger partial charge on any atom is -0.207 e. The van der Waals surface area contributed by atoms with Gasteiger partial charge in [0.2, 0.25) is 0 Å². The van der Waals surface area contributed by atoms with Crippen molar-refractivity contribution in [3.63, 3.8) is 0 Å². The lowest BCUT2D eigenvalue weighted by molar-refractivity contribution is 0.441. The van der Waals surface area contributed by atoms with Crippen molar-refractivity contribution in [3.8, 4) is 11.1 Å². The molecule has 1 aliphatic rings. The fraction of sp³-hybridized carbons (Fsp3) is 0.308. The van der Waals surface area contributed by atoms with Gasteiger partial charge in [0, 0.05) is 0 Å². The number of rotatable bonds is 5. The summed E-state index contributed by atoms with van der Waals surface area (Å²) in [6.45, 7) is 1.95. The highest BCUT2D eigenvalue weighted by Gasteiger charge is 2.32. The van der Waals surface area contributed by atoms with Crippen LogP contribution in [0, 0.1) is 34.9 Å². The second-order valence-corrected chi connectivity index (χ2v) is 8.27. The number of hydrogen-bond donors (Lipinski definition) is 0. The fourth-order valence-corrected chi connectivity index (χ4v) is 4.51. The summed E-state index contributed by atoms with van der Waals surface area (Å²) in [6, 6.07) is 7.50. The predicted molar refractivity (Wildman–Crippen MR) is 111 cm³/mol. The van der Waals surface area contributed by atoms with Crippen LogP contribution in [0.15, 0.2) is 36.4 Å². The monoisotopic (exact) mass is 448 g/mol. The minimum absolute atomic E-state index is 0.0277. The summed E-state index contributed by atoms with van der Waals surface area (Å²) in [7, 11) is 0. The Morgan fingerprint density at radius 1 is 0.750 bits per heavy atom. The normalized spacial score (nSPS) is 15.7. The predicted octanol–water partition coefficient (Wildman–Crippen LogP) is 7.80. The van der Waals surface area contributed by atoms with Crippen LogP contribution in [0.25, 0.3) is 11.1 Å². The largest absolute Gasteiger partial charge is 0.207 e. The van der Waals surface area contributed by atoms with Crippen LogP contribution in [0.1, 0.15) is 54.4 Å². The first-order valence-corrected chi connectivity index (χ1v) is 10.7. The standard InChI is InChI=1S/C26H22F6/c1-2-3-4-15-7-11-18(24(30)22(15)28)16-8-12-19-20(13-16)25(31)26(32)21(23(19)29)14-5-9-17(27)10-6-14/h5-7,9-11,16H,2-4,8,12-13H2,1H3. The van der Waals surface area contributed by atoms with Gasteiger partial charge >= 0.3 is 0 Å². The van der Waals surface area contributed by atoms with Crippen molar-refractivity contribution in [2.75, 3.05) is 0 Å². The van der Waals surface area contributed by atoms with Crippen LogP contribution in [-0.2, 0) is 19.3 Å². The topological polar surface area (TPSA) is 0 Å². The fourth-order valence-electron chi connectivity index (χ4n) is 4.51. The highest BCUT2D eigenvalue weighted by Crippen LogP contribution is 2.41. The van der Waals surface area contributed by atoms with E-state index in [9.17, 15) is 22.0 Å². The Balaban J connectivity index is 1.71. The summed E-state index contributed by atoms with van der Waals surface area (Å²) in [5.74, 6) is -6.53. The Morgan fingerprint density at radius 2 is 1.47 bits per heavy atom. The van der Waals surface area contributed by atoms with E-state index < -0.39 is 46.4 Å². The van der Waals surface area contributed by atoms with Crippen molar-refractivity contribution in [3.05, 3.63) is 93.6 Å². The first-order valence-electron chi connectivity index (χ1n) is 10.7. The lowest BCUT2D eigenvalue weighted by Crippen LogP contribution is -2.19. The molecule has 168 valence electrons. The molecule has 0 saturated carbocycles. The maximum Gasteiger partial charge on any atom is 0.169 e. The van der Waals surface area contributed by atoms with Gasteiger partial charge in [0.05, 0.1) is 5.56 Å². The van der Waals surface area contributed by atoms with E-state index in [1.54, 1.807) is 0 Å². The molecule has 0 spiro atoms. The van der Waals surface area contributed by atoms with E-state index in [0.717, 1.165) is 25.0 Å². The van der Waals surface area contributed by atoms with Crippen LogP contribution >= 0.6 is 0 Å². The molecule has 1 atom stereocenters. The Kier molecular flexibility index (Phi) is 6.31. The van der Waals surface area contributed by atoms with E-state index in [-0.39, 0.29) is 47.1 Å². The first-order chi connectivity index (χ1) is 15.3. The molecule has 32 heavy (non-hydrogen) atoms. The molecule has 6 heteroatoms. The maximum absolute atomic E-state index is 15.2. The molecule has 0 nitrogen and oxygen atoms in total. The summed E-state index contributed by atoms with van der Waals surface area (Å²) in [4.78, 5) is 0. The minimum atomic E-state index is -1.37. The van der Waals surface area contributed by atoms with E-state index in [4.69, 9.17) is 0 Å². The van der Waals surface area contributed by atoms with E-state index >= 15 is 4.39 Å². The van der Waals surface area contributed by atoms with Gasteiger partial charge in [-0.15, -0.1) is 0 Å². The number of aryl methyl sites for hydroxylation is 1. The summed E-state index contributed by atoms with van der Waals surface area (Å²) in [5, 5.41) is 0. The van der Waals surface area contributed by atoms with Crippen molar-refractivity contribution in [1.82, 2.24) is 0 Å². The lowest BCUT2D eigenvalue weighted by Gasteiger charge is -2.27. The molecule has 4 rings (SSSR count). The molecule has 0 bridgehead atoms. The Labute approximate surface area is 182 Å². The molecule has 1 aliphatic carbocycles. The maximum atomic E-state index is 15.2. The summed E-state index contributed by atoms with van der Waals surface area (Å²) in [5.41, 5.74) is -0.261. The van der Waals surface area contributed by atoms with Gasteiger partial charge in [0.25, 0.3) is 0 Å². The average molecular weight is 448 g/mol. The van der Waals surface area contributed by atoms with Crippen LogP contribution < -0.4 is 0 Å². The zero-order valence-electron chi connectivity index (χ0n) is 17.6. The zero-order valence-corrected chi connectivity index (χ0v) is 17.6. The van der Waals surface area contributed by atoms with Gasteiger partial charge in [0.15, 0.2) is 23.3 Å². The van der Waals surface area contributed by atoms with Gasteiger partial charge in [-0.2, -0.15) is 0 Å². The van der Waals surface area contributed by atoms with Crippen molar-refractivity contribution in [2.45, 2.75) is 51.4 Å². The third-order valence-electron chi connectivity index (χ3n) is 6.28. The molecular weight excluding hydrogens is 426 g/mol. The van der Waals surface area contributed by atoms with E-state index in [1.165, 1.54) is 24.3 Å². The molecule has 0 aliphatic heterocycles. The first kappa shape index (κ1) is 22.4. The molecule has 1 unspecified atom stereocenters. The van der Waals surface area contributed by atoms with Gasteiger partial charge in [0.1, 0.15) is 11.6 Å². The molecule has 0 heterocycles. The number of hydrogen-bond acceptors (Lipinski definition) is 0. The smallest absolute Gasteiger partial charge is 0.169 e. The summed E-state index contributed by atoms with van der Waals surface area (Å²) < 4.78 is 87.5. The Hall–Kier alpha value is -2.76. The van der Waals surface area contributed by atoms with Crippen molar-refractivity contribution in [2.24, 2.45) is 0 Å². The molecule has 0 N–H and O–H groups in total. The second kappa shape index (κ2) is 9.00. The third-order valence-corrected chi connectivity index (χ3v) is 6.28. The lowest BCUT2D eigenvalue weighted by atomic mass is 9.78. The molecule has 0 aromatic heterocycles. The van der Waals surface area contributed by atoms with Crippen molar-refractivity contribution in [1.29, 1.82) is 0 Å². The third kappa shape index (κ3) is 3.91. The molecular formula is C26H22F6. The molecule has 0 fully saturated rings. The number of halogens is 6. The highest BCUT2D eigenvalue weighted by atomic mass is 19.2. The Morgan fingerprint density at radius 3 is 2.16 bits per heavy atom. The number of benzene rings is 3. The second-order valence-electron chi connectivity index (χ2n) is 8.27. The van der Waals surface area contributed by atoms with Crippen LogP contribution in [-0.4, -0.2) is 0 Å². The van der Waals surface area contributed by atoms with E-state index in [2.05, 4.69) is 0 Å². The average Bonchev–Trinajstić information content (AvgIpc) is 2.79. The van der Waals surface area contributed by atoms with E-state index in [0.29, 0.717) is 6.42 Å². The molecule has 0 radical (unpaired) electrons. The quantitative estimate of drug-likeness (QED) is 0.276. The number of unbranched alkanes of at least 4 members (excludes halogenated alkanes) is 1. The number of fused-ring (bicyclic) bond motifs is 1. The van der Waals surface area contributed by atoms with Gasteiger partial charge in [-0.3, -0.25) is 0 Å². The highest BCUT2D eigenvalue weighted by molar-refractivity contribution is 5.67. The molecule has 0 amide bonds.